The van der Waals surface area contributed by atoms with Crippen LogP contribution in [0.3, 0.4) is 0 Å². The van der Waals surface area contributed by atoms with E-state index < -0.39 is 29.9 Å². The first-order valence-corrected chi connectivity index (χ1v) is 10.2. The summed E-state index contributed by atoms with van der Waals surface area (Å²) in [6, 6.07) is 4.44. The van der Waals surface area contributed by atoms with Gasteiger partial charge in [0, 0.05) is 18.7 Å². The van der Waals surface area contributed by atoms with Gasteiger partial charge in [-0.05, 0) is 32.0 Å². The Kier molecular flexibility index (Phi) is 4.78. The van der Waals surface area contributed by atoms with Gasteiger partial charge in [0.05, 0.1) is 28.9 Å². The molecular weight excluding hydrogens is 441 g/mol. The van der Waals surface area contributed by atoms with E-state index >= 15 is 0 Å². The lowest BCUT2D eigenvalue weighted by Gasteiger charge is -2.33. The number of aryl methyl sites for hydroxylation is 1. The molecule has 0 aromatic carbocycles. The summed E-state index contributed by atoms with van der Waals surface area (Å²) in [5.41, 5.74) is 1.13. The van der Waals surface area contributed by atoms with Gasteiger partial charge in [-0.15, -0.1) is 0 Å². The summed E-state index contributed by atoms with van der Waals surface area (Å²) in [5, 5.41) is 14.0. The number of H-pyrrole nitrogens is 1. The van der Waals surface area contributed by atoms with Crippen molar-refractivity contribution >= 4 is 11.4 Å². The van der Waals surface area contributed by atoms with Crippen LogP contribution < -0.4 is 0 Å². The van der Waals surface area contributed by atoms with Gasteiger partial charge in [-0.3, -0.25) is 4.79 Å². The van der Waals surface area contributed by atoms with E-state index in [2.05, 4.69) is 20.1 Å². The number of carbonyl (C=O) groups excluding carboxylic acids is 1. The largest absolute Gasteiger partial charge is 0.433 e. The van der Waals surface area contributed by atoms with Crippen molar-refractivity contribution in [3.8, 4) is 0 Å². The second kappa shape index (κ2) is 7.44. The molecule has 12 heteroatoms. The minimum atomic E-state index is -4.60. The van der Waals surface area contributed by atoms with Crippen LogP contribution in [0.5, 0.6) is 0 Å². The first kappa shape index (κ1) is 21.2. The van der Waals surface area contributed by atoms with Crippen molar-refractivity contribution in [1.29, 1.82) is 0 Å². The smallest absolute Gasteiger partial charge is 0.432 e. The number of imidazole rings is 1. The van der Waals surface area contributed by atoms with Crippen LogP contribution in [0.25, 0.3) is 5.52 Å². The van der Waals surface area contributed by atoms with Crippen molar-refractivity contribution in [3.63, 3.8) is 0 Å². The molecule has 1 aliphatic heterocycles. The Labute approximate surface area is 184 Å². The first-order chi connectivity index (χ1) is 15.6. The van der Waals surface area contributed by atoms with Crippen molar-refractivity contribution in [2.75, 3.05) is 6.54 Å². The van der Waals surface area contributed by atoms with Crippen molar-refractivity contribution in [3.05, 3.63) is 70.7 Å². The fourth-order valence-electron chi connectivity index (χ4n) is 4.10. The van der Waals surface area contributed by atoms with Crippen LogP contribution in [0.4, 0.5) is 13.2 Å². The monoisotopic (exact) mass is 460 g/mol. The minimum absolute atomic E-state index is 0.00687. The van der Waals surface area contributed by atoms with Gasteiger partial charge in [0.2, 0.25) is 11.7 Å². The number of nitrogens with zero attached hydrogens (tertiary/aromatic N) is 5. The number of halogens is 3. The Hall–Kier alpha value is -3.67. The molecule has 0 radical (unpaired) electrons. The molecule has 33 heavy (non-hydrogen) atoms. The number of carbonyl (C=O) groups is 1. The fraction of sp³-hybridized carbons (Fsp3) is 0.333. The van der Waals surface area contributed by atoms with Gasteiger partial charge >= 0.3 is 6.18 Å². The molecule has 0 spiro atoms. The minimum Gasteiger partial charge on any atom is -0.432 e. The van der Waals surface area contributed by atoms with Crippen LogP contribution in [-0.2, 0) is 12.6 Å². The Morgan fingerprint density at radius 3 is 2.85 bits per heavy atom. The van der Waals surface area contributed by atoms with E-state index in [4.69, 9.17) is 4.42 Å². The number of oxazole rings is 1. The van der Waals surface area contributed by atoms with Gasteiger partial charge in [0.1, 0.15) is 17.8 Å². The molecule has 0 bridgehead atoms. The summed E-state index contributed by atoms with van der Waals surface area (Å²) >= 11 is 0. The summed E-state index contributed by atoms with van der Waals surface area (Å²) in [6.45, 7) is 3.30. The van der Waals surface area contributed by atoms with E-state index in [1.54, 1.807) is 6.92 Å². The number of rotatable bonds is 3. The molecular formula is C21H19F3N6O3. The molecule has 2 N–H and O–H groups in total. The number of aromatic nitrogens is 5. The third kappa shape index (κ3) is 3.46. The van der Waals surface area contributed by atoms with E-state index in [-0.39, 0.29) is 29.4 Å². The molecule has 0 aliphatic carbocycles. The van der Waals surface area contributed by atoms with Crippen molar-refractivity contribution in [2.24, 2.45) is 0 Å². The molecule has 0 saturated heterocycles. The molecule has 5 rings (SSSR count). The number of aliphatic hydroxyl groups is 1. The summed E-state index contributed by atoms with van der Waals surface area (Å²) in [5.74, 6) is -0.555. The van der Waals surface area contributed by atoms with E-state index in [0.717, 1.165) is 16.3 Å². The lowest BCUT2D eigenvalue weighted by molar-refractivity contribution is -0.142. The molecule has 172 valence electrons. The first-order valence-electron chi connectivity index (χ1n) is 10.2. The van der Waals surface area contributed by atoms with Crippen LogP contribution >= 0.6 is 0 Å². The van der Waals surface area contributed by atoms with Gasteiger partial charge in [-0.2, -0.15) is 18.3 Å². The van der Waals surface area contributed by atoms with Crippen LogP contribution in [0.1, 0.15) is 64.0 Å². The lowest BCUT2D eigenvalue weighted by Crippen LogP contribution is -2.41. The average molecular weight is 460 g/mol. The predicted molar refractivity (Wildman–Crippen MR) is 107 cm³/mol. The standard InChI is InChI=1S/C21H19F3N6O3/c1-10-18(33-19(27-10)11(2)31)20(32)29-7-6-13-16(26-9-25-13)17(29)14-8-12-4-3-5-15(21(22,23)24)30(12)28-14/h3-5,8-9,11,17,31H,6-7H2,1-2H3,(H,25,26)/t11-,17?/m0/s1. The number of hydrogen-bond acceptors (Lipinski definition) is 6. The third-order valence-electron chi connectivity index (χ3n) is 5.63. The number of aromatic amines is 1. The SMILES string of the molecule is Cc1nc([C@H](C)O)oc1C(=O)N1CCc2[nH]cnc2C1c1cc2cccc(C(F)(F)F)n2n1. The third-order valence-corrected chi connectivity index (χ3v) is 5.63. The summed E-state index contributed by atoms with van der Waals surface area (Å²) in [7, 11) is 0. The number of hydrogen-bond donors (Lipinski definition) is 2. The maximum Gasteiger partial charge on any atom is 0.433 e. The number of pyridine rings is 1. The molecule has 1 amide bonds. The number of nitrogens with one attached hydrogen (secondary N) is 1. The molecule has 9 nitrogen and oxygen atoms in total. The molecule has 0 saturated carbocycles. The van der Waals surface area contributed by atoms with Crippen LogP contribution in [-0.4, -0.2) is 47.0 Å². The topological polar surface area (TPSA) is 113 Å². The van der Waals surface area contributed by atoms with Crippen molar-refractivity contribution < 1.29 is 27.5 Å². The van der Waals surface area contributed by atoms with Gasteiger partial charge in [-0.1, -0.05) is 6.07 Å². The Morgan fingerprint density at radius 1 is 1.36 bits per heavy atom. The Bertz CT molecular complexity index is 1350. The number of amides is 1. The maximum atomic E-state index is 13.5. The van der Waals surface area contributed by atoms with Crippen molar-refractivity contribution in [2.45, 2.75) is 38.6 Å². The fourth-order valence-corrected chi connectivity index (χ4v) is 4.10. The van der Waals surface area contributed by atoms with E-state index in [1.165, 1.54) is 36.4 Å². The number of alkyl halides is 3. The zero-order valence-electron chi connectivity index (χ0n) is 17.6. The highest BCUT2D eigenvalue weighted by Gasteiger charge is 2.39. The molecule has 4 aromatic rings. The highest BCUT2D eigenvalue weighted by Crippen LogP contribution is 2.36. The molecule has 0 fully saturated rings. The molecule has 1 unspecified atom stereocenters. The molecule has 2 atom stereocenters. The van der Waals surface area contributed by atoms with Crippen LogP contribution in [0, 0.1) is 6.92 Å². The maximum absolute atomic E-state index is 13.5. The van der Waals surface area contributed by atoms with Crippen LogP contribution in [0.15, 0.2) is 35.0 Å². The predicted octanol–water partition coefficient (Wildman–Crippen LogP) is 3.21. The summed E-state index contributed by atoms with van der Waals surface area (Å²) < 4.78 is 46.9. The summed E-state index contributed by atoms with van der Waals surface area (Å²) in [4.78, 5) is 26.4. The molecule has 4 aromatic heterocycles. The van der Waals surface area contributed by atoms with Gasteiger partial charge in [0.25, 0.3) is 5.91 Å². The second-order valence-electron chi connectivity index (χ2n) is 7.87. The van der Waals surface area contributed by atoms with Gasteiger partial charge in [-0.25, -0.2) is 14.5 Å². The zero-order valence-corrected chi connectivity index (χ0v) is 17.6. The quantitative estimate of drug-likeness (QED) is 0.486. The second-order valence-corrected chi connectivity index (χ2v) is 7.87. The normalized spacial score (nSPS) is 17.4. The number of aliphatic hydroxyl groups excluding tert-OH is 1. The van der Waals surface area contributed by atoms with Crippen LogP contribution in [0.2, 0.25) is 0 Å². The Balaban J connectivity index is 1.63. The highest BCUT2D eigenvalue weighted by atomic mass is 19.4. The lowest BCUT2D eigenvalue weighted by atomic mass is 9.99. The summed E-state index contributed by atoms with van der Waals surface area (Å²) in [6.07, 6.45) is -3.65. The zero-order chi connectivity index (χ0) is 23.5. The van der Waals surface area contributed by atoms with Gasteiger partial charge in [0.15, 0.2) is 0 Å². The van der Waals surface area contributed by atoms with Gasteiger partial charge < -0.3 is 19.4 Å². The van der Waals surface area contributed by atoms with E-state index in [1.807, 2.05) is 0 Å². The highest BCUT2D eigenvalue weighted by molar-refractivity contribution is 5.93. The van der Waals surface area contributed by atoms with E-state index in [0.29, 0.717) is 17.8 Å². The Morgan fingerprint density at radius 2 is 2.15 bits per heavy atom. The molecule has 1 aliphatic rings. The van der Waals surface area contributed by atoms with Crippen molar-refractivity contribution in [1.82, 2.24) is 29.5 Å². The average Bonchev–Trinajstić information content (AvgIpc) is 3.48. The number of fused-ring (bicyclic) bond motifs is 2. The van der Waals surface area contributed by atoms with E-state index in [9.17, 15) is 23.1 Å². The molecule has 5 heterocycles.